The van der Waals surface area contributed by atoms with E-state index in [1.165, 1.54) is 0 Å². The Morgan fingerprint density at radius 3 is 1.66 bits per heavy atom. The van der Waals surface area contributed by atoms with Crippen LogP contribution in [0, 0.1) is 17.9 Å². The Hall–Kier alpha value is -6.71. The van der Waals surface area contributed by atoms with Gasteiger partial charge in [0.1, 0.15) is 13.1 Å². The summed E-state index contributed by atoms with van der Waals surface area (Å²) in [4.78, 5) is 5.67. The van der Waals surface area contributed by atoms with E-state index >= 15 is 5.11 Å². The van der Waals surface area contributed by atoms with Gasteiger partial charge in [-0.2, -0.15) is 0 Å². The van der Waals surface area contributed by atoms with Crippen LogP contribution in [0.1, 0.15) is 41.7 Å². The standard InChI is InChI=1S/C41H36N8O/c1-6-49(7-2)40-23-14-10-18-27(45)32(23)36(33-24(40)15-11-19-28(33)46)38-34(29(20-42)47-3)37(41(38)50)35-30-21(12-8-16-25(30)43)39(48(4)5)22-13-9-17-26(44)31(22)35/h8-19H,6-7,43-46H2,1-2,4-5H3/b34-29-. The molecule has 0 aliphatic heterocycles. The van der Waals surface area contributed by atoms with Crippen LogP contribution in [0.15, 0.2) is 95.4 Å². The van der Waals surface area contributed by atoms with Gasteiger partial charge in [0.25, 0.3) is 5.70 Å². The summed E-state index contributed by atoms with van der Waals surface area (Å²) in [6.45, 7) is 13.8. The van der Waals surface area contributed by atoms with E-state index in [9.17, 15) is 5.26 Å². The molecule has 9 heteroatoms. The number of benzene rings is 5. The summed E-state index contributed by atoms with van der Waals surface area (Å²) in [5.41, 5.74) is 35.1. The van der Waals surface area contributed by atoms with Gasteiger partial charge in [0.2, 0.25) is 5.71 Å². The minimum atomic E-state index is -0.354. The van der Waals surface area contributed by atoms with Gasteiger partial charge in [-0.3, -0.25) is 0 Å². The molecule has 2 aliphatic rings. The van der Waals surface area contributed by atoms with Crippen molar-refractivity contribution in [3.8, 4) is 6.07 Å². The molecule has 7 rings (SSSR count). The number of rotatable bonds is 4. The predicted molar refractivity (Wildman–Crippen MR) is 203 cm³/mol. The zero-order valence-corrected chi connectivity index (χ0v) is 28.3. The van der Waals surface area contributed by atoms with Crippen molar-refractivity contribution in [1.29, 1.82) is 5.26 Å². The average Bonchev–Trinajstić information content (AvgIpc) is 3.09. The van der Waals surface area contributed by atoms with Crippen LogP contribution in [0.25, 0.3) is 37.5 Å². The van der Waals surface area contributed by atoms with E-state index in [0.29, 0.717) is 55.8 Å². The lowest BCUT2D eigenvalue weighted by Crippen LogP contribution is -2.31. The normalized spacial score (nSPS) is 14.6. The van der Waals surface area contributed by atoms with Crippen molar-refractivity contribution in [3.63, 3.8) is 0 Å². The monoisotopic (exact) mass is 656 g/mol. The molecule has 246 valence electrons. The molecular weight excluding hydrogens is 621 g/mol. The Labute approximate surface area is 290 Å². The minimum absolute atomic E-state index is 0.210. The summed E-state index contributed by atoms with van der Waals surface area (Å²) < 4.78 is 2.24. The Balaban J connectivity index is 1.74. The molecule has 0 atom stereocenters. The lowest BCUT2D eigenvalue weighted by molar-refractivity contribution is -0.519. The number of nitrogen functional groups attached to an aromatic ring is 4. The Morgan fingerprint density at radius 2 is 1.22 bits per heavy atom. The van der Waals surface area contributed by atoms with Gasteiger partial charge >= 0.3 is 0 Å². The smallest absolute Gasteiger partial charge is 0.270 e. The molecule has 0 radical (unpaired) electrons. The van der Waals surface area contributed by atoms with Crippen molar-refractivity contribution in [1.82, 2.24) is 0 Å². The number of nitriles is 1. The summed E-state index contributed by atoms with van der Waals surface area (Å²) in [5.74, 6) is -0.354. The van der Waals surface area contributed by atoms with Crippen LogP contribution in [-0.2, 0) is 0 Å². The molecule has 0 unspecified atom stereocenters. The molecule has 5 aromatic rings. The fourth-order valence-electron chi connectivity index (χ4n) is 7.85. The van der Waals surface area contributed by atoms with Crippen molar-refractivity contribution in [2.45, 2.75) is 13.8 Å². The maximum atomic E-state index is 15.2. The van der Waals surface area contributed by atoms with Gasteiger partial charge in [-0.15, -0.1) is 0 Å². The molecule has 50 heavy (non-hydrogen) atoms. The molecule has 9 nitrogen and oxygen atoms in total. The van der Waals surface area contributed by atoms with E-state index in [2.05, 4.69) is 29.3 Å². The van der Waals surface area contributed by atoms with Gasteiger partial charge in [-0.1, -0.05) is 42.2 Å². The Bertz CT molecular complexity index is 2410. The summed E-state index contributed by atoms with van der Waals surface area (Å²) >= 11 is 0. The van der Waals surface area contributed by atoms with Crippen LogP contribution in [-0.4, -0.2) is 37.5 Å². The first-order valence-corrected chi connectivity index (χ1v) is 16.4. The maximum Gasteiger partial charge on any atom is 0.270 e. The quantitative estimate of drug-likeness (QED) is 0.0606. The van der Waals surface area contributed by atoms with E-state index < -0.39 is 0 Å². The lowest BCUT2D eigenvalue weighted by atomic mass is 9.68. The second kappa shape index (κ2) is 11.8. The van der Waals surface area contributed by atoms with E-state index in [0.717, 1.165) is 46.4 Å². The zero-order chi connectivity index (χ0) is 35.6. The van der Waals surface area contributed by atoms with Crippen molar-refractivity contribution in [2.24, 2.45) is 0 Å². The summed E-state index contributed by atoms with van der Waals surface area (Å²) in [6.07, 6.45) is 0. The topological polar surface area (TPSA) is 162 Å². The molecule has 0 aromatic heterocycles. The first-order chi connectivity index (χ1) is 24.1. The fraction of sp³-hybridized carbons (Fsp3) is 0.146. The molecule has 5 aromatic carbocycles. The molecule has 0 heterocycles. The van der Waals surface area contributed by atoms with E-state index in [-0.39, 0.29) is 28.2 Å². The largest absolute Gasteiger partial charge is 0.872 e. The molecule has 0 amide bonds. The third-order valence-electron chi connectivity index (χ3n) is 9.84. The highest BCUT2D eigenvalue weighted by Gasteiger charge is 2.40. The van der Waals surface area contributed by atoms with Crippen LogP contribution >= 0.6 is 0 Å². The highest BCUT2D eigenvalue weighted by molar-refractivity contribution is 6.28. The predicted octanol–water partition coefficient (Wildman–Crippen LogP) is 5.87. The fourth-order valence-corrected chi connectivity index (χ4v) is 7.85. The van der Waals surface area contributed by atoms with E-state index in [4.69, 9.17) is 29.5 Å². The maximum absolute atomic E-state index is 15.2. The van der Waals surface area contributed by atoms with Gasteiger partial charge in [-0.25, -0.2) is 14.7 Å². The van der Waals surface area contributed by atoms with Crippen LogP contribution in [0.5, 0.6) is 0 Å². The van der Waals surface area contributed by atoms with Crippen LogP contribution in [0.2, 0.25) is 0 Å². The Morgan fingerprint density at radius 1 is 0.740 bits per heavy atom. The van der Waals surface area contributed by atoms with Gasteiger partial charge < -0.3 is 32.9 Å². The second-order valence-corrected chi connectivity index (χ2v) is 12.6. The van der Waals surface area contributed by atoms with E-state index in [1.54, 1.807) is 24.3 Å². The van der Waals surface area contributed by atoms with Crippen molar-refractivity contribution >= 4 is 66.8 Å². The highest BCUT2D eigenvalue weighted by Crippen LogP contribution is 2.57. The van der Waals surface area contributed by atoms with Gasteiger partial charge in [0.05, 0.1) is 29.5 Å². The van der Waals surface area contributed by atoms with E-state index in [1.807, 2.05) is 67.5 Å². The third kappa shape index (κ3) is 4.27. The lowest BCUT2D eigenvalue weighted by Gasteiger charge is -2.41. The highest BCUT2D eigenvalue weighted by atomic mass is 16.3. The SMILES string of the molecule is [C-]#[N+]/C(C#N)=C1\C(=C2c3c(N)cccc3C(=[N+](CC)CC)c3cccc(N)c32)C([O-])=C1c1c2c(N)cccc2c(N(C)C)c2cccc(N)c12. The number of hydrogen-bond donors (Lipinski definition) is 4. The van der Waals surface area contributed by atoms with Gasteiger partial charge in [-0.05, 0) is 61.4 Å². The van der Waals surface area contributed by atoms with Crippen LogP contribution in [0.3, 0.4) is 0 Å². The van der Waals surface area contributed by atoms with Crippen molar-refractivity contribution in [2.75, 3.05) is 55.0 Å². The molecule has 0 saturated heterocycles. The molecule has 0 saturated carbocycles. The number of anilines is 5. The summed E-state index contributed by atoms with van der Waals surface area (Å²) in [5, 5.41) is 28.5. The zero-order valence-electron chi connectivity index (χ0n) is 28.3. The number of nitrogens with zero attached hydrogens (tertiary/aromatic N) is 4. The van der Waals surface area contributed by atoms with Crippen LogP contribution < -0.4 is 32.9 Å². The first-order valence-electron chi connectivity index (χ1n) is 16.4. The minimum Gasteiger partial charge on any atom is -0.872 e. The molecule has 0 fully saturated rings. The number of allylic oxidation sites excluding steroid dienone is 3. The number of fused-ring (bicyclic) bond motifs is 4. The third-order valence-corrected chi connectivity index (χ3v) is 9.84. The molecule has 2 aliphatic carbocycles. The average molecular weight is 657 g/mol. The summed E-state index contributed by atoms with van der Waals surface area (Å²) in [6, 6.07) is 24.7. The summed E-state index contributed by atoms with van der Waals surface area (Å²) in [7, 11) is 3.89. The number of nitrogens with two attached hydrogens (primary N) is 4. The molecule has 0 bridgehead atoms. The van der Waals surface area contributed by atoms with Gasteiger partial charge in [0.15, 0.2) is 0 Å². The van der Waals surface area contributed by atoms with Crippen molar-refractivity contribution < 1.29 is 9.68 Å². The first kappa shape index (κ1) is 31.9. The second-order valence-electron chi connectivity index (χ2n) is 12.6. The molecule has 8 N–H and O–H groups in total. The van der Waals surface area contributed by atoms with Crippen LogP contribution in [0.4, 0.5) is 28.4 Å². The van der Waals surface area contributed by atoms with Crippen molar-refractivity contribution in [3.05, 3.63) is 135 Å². The number of hydrogen-bond acceptors (Lipinski definition) is 7. The molecule has 0 spiro atoms. The van der Waals surface area contributed by atoms with Gasteiger partial charge in [0, 0.05) is 86.2 Å². The molecular formula is C41H36N8O. The Kier molecular flexibility index (Phi) is 7.50.